The Morgan fingerprint density at radius 1 is 0.514 bits per heavy atom. The Kier molecular flexibility index (Phi) is 10.8. The highest BCUT2D eigenvalue weighted by Crippen LogP contribution is 2.59. The van der Waals surface area contributed by atoms with Gasteiger partial charge in [0.1, 0.15) is 0 Å². The Morgan fingerprint density at radius 2 is 0.857 bits per heavy atom. The third-order valence-corrected chi connectivity index (χ3v) is 9.94. The molecule has 0 atom stereocenters. The molecule has 0 amide bonds. The minimum absolute atomic E-state index is 0.761. The Bertz CT molecular complexity index is 705. The van der Waals surface area contributed by atoms with Gasteiger partial charge in [-0.25, -0.2) is 0 Å². The molecule has 0 spiro atoms. The molecule has 192 valence electrons. The fraction of sp³-hybridized carbons (Fsp3) is 0.657. The van der Waals surface area contributed by atoms with Crippen molar-refractivity contribution in [3.05, 3.63) is 60.7 Å². The van der Waals surface area contributed by atoms with E-state index < -0.39 is 0 Å². The van der Waals surface area contributed by atoms with Crippen LogP contribution >= 0.6 is 0 Å². The second-order valence-electron chi connectivity index (χ2n) is 12.0. The van der Waals surface area contributed by atoms with Gasteiger partial charge in [-0.2, -0.15) is 0 Å². The summed E-state index contributed by atoms with van der Waals surface area (Å²) in [5.41, 5.74) is 3.31. The summed E-state index contributed by atoms with van der Waals surface area (Å²) in [4.78, 5) is 0. The summed E-state index contributed by atoms with van der Waals surface area (Å²) >= 11 is 0. The van der Waals surface area contributed by atoms with E-state index in [-0.39, 0.29) is 0 Å². The minimum Gasteiger partial charge on any atom is -0.0654 e. The summed E-state index contributed by atoms with van der Waals surface area (Å²) < 4.78 is 0. The van der Waals surface area contributed by atoms with Crippen LogP contribution in [0.2, 0.25) is 0 Å². The lowest BCUT2D eigenvalue weighted by atomic mass is 9.50. The second-order valence-corrected chi connectivity index (χ2v) is 12.0. The Labute approximate surface area is 217 Å². The largest absolute Gasteiger partial charge is 0.0654 e. The van der Waals surface area contributed by atoms with Crippen LogP contribution in [0.4, 0.5) is 0 Å². The highest BCUT2D eigenvalue weighted by atomic mass is 14.5. The molecule has 0 heterocycles. The summed E-state index contributed by atoms with van der Waals surface area (Å²) in [5.74, 6) is 3.27. The summed E-state index contributed by atoms with van der Waals surface area (Å²) in [7, 11) is 0. The van der Waals surface area contributed by atoms with Gasteiger partial charge in [-0.1, -0.05) is 138 Å². The van der Waals surface area contributed by atoms with Crippen molar-refractivity contribution in [3.8, 4) is 11.1 Å². The third kappa shape index (κ3) is 7.02. The zero-order valence-corrected chi connectivity index (χ0v) is 22.7. The van der Waals surface area contributed by atoms with Gasteiger partial charge in [-0.3, -0.25) is 0 Å². The molecule has 0 saturated heterocycles. The smallest absolute Gasteiger partial charge is 0.0184 e. The maximum atomic E-state index is 2.42. The standard InChI is InChI=1S/C23H42.C12H10/c1-2-3-19-23(20-13-7-4-8-14-20,21-15-9-5-10-16-21)22-17-11-6-12-18-22;1-3-7-11(8-4-1)12-9-5-2-6-10-12/h20-22H,2-19H2,1H3;1-10H. The molecule has 0 unspecified atom stereocenters. The highest BCUT2D eigenvalue weighted by molar-refractivity contribution is 5.62. The van der Waals surface area contributed by atoms with Crippen LogP contribution in [0.25, 0.3) is 11.1 Å². The van der Waals surface area contributed by atoms with Gasteiger partial charge in [0.25, 0.3) is 0 Å². The zero-order valence-electron chi connectivity index (χ0n) is 22.7. The molecule has 2 aromatic carbocycles. The normalized spacial score (nSPS) is 20.7. The number of hydrogen-bond donors (Lipinski definition) is 0. The lowest BCUT2D eigenvalue weighted by molar-refractivity contribution is -0.0568. The molecule has 0 aromatic heterocycles. The lowest BCUT2D eigenvalue weighted by Gasteiger charge is -2.55. The van der Waals surface area contributed by atoms with Crippen LogP contribution in [0.3, 0.4) is 0 Å². The first-order valence-corrected chi connectivity index (χ1v) is 15.4. The van der Waals surface area contributed by atoms with Gasteiger partial charge in [-0.05, 0) is 79.2 Å². The van der Waals surface area contributed by atoms with E-state index in [9.17, 15) is 0 Å². The van der Waals surface area contributed by atoms with E-state index in [2.05, 4.69) is 55.5 Å². The van der Waals surface area contributed by atoms with E-state index in [0.29, 0.717) is 0 Å². The SMILES string of the molecule is CCCCC(C1CCCCC1)(C1CCCCC1)C1CCCCC1.c1ccc(-c2ccccc2)cc1. The summed E-state index contributed by atoms with van der Waals surface area (Å²) in [6, 6.07) is 20.8. The number of unbranched alkanes of at least 4 members (excludes halogenated alkanes) is 1. The molecular weight excluding hydrogens is 420 g/mol. The van der Waals surface area contributed by atoms with E-state index in [1.54, 1.807) is 44.9 Å². The Balaban J connectivity index is 0.000000201. The Hall–Kier alpha value is -1.56. The zero-order chi connectivity index (χ0) is 24.2. The first kappa shape index (κ1) is 26.5. The molecule has 35 heavy (non-hydrogen) atoms. The van der Waals surface area contributed by atoms with Gasteiger partial charge >= 0.3 is 0 Å². The van der Waals surface area contributed by atoms with Crippen LogP contribution in [0.15, 0.2) is 60.7 Å². The van der Waals surface area contributed by atoms with Crippen molar-refractivity contribution in [2.24, 2.45) is 23.2 Å². The molecule has 0 N–H and O–H groups in total. The summed E-state index contributed by atoms with van der Waals surface area (Å²) in [6.45, 7) is 2.42. The van der Waals surface area contributed by atoms with Gasteiger partial charge in [-0.15, -0.1) is 0 Å². The fourth-order valence-electron chi connectivity index (χ4n) is 8.28. The fourth-order valence-corrected chi connectivity index (χ4v) is 8.28. The van der Waals surface area contributed by atoms with Gasteiger partial charge in [0.15, 0.2) is 0 Å². The maximum Gasteiger partial charge on any atom is -0.0184 e. The molecule has 0 nitrogen and oxygen atoms in total. The van der Waals surface area contributed by atoms with Gasteiger partial charge in [0.2, 0.25) is 0 Å². The monoisotopic (exact) mass is 472 g/mol. The highest BCUT2D eigenvalue weighted by Gasteiger charge is 2.49. The van der Waals surface area contributed by atoms with E-state index in [0.717, 1.165) is 23.2 Å². The van der Waals surface area contributed by atoms with Crippen LogP contribution in [0.1, 0.15) is 122 Å². The Morgan fingerprint density at radius 3 is 1.17 bits per heavy atom. The summed E-state index contributed by atoms with van der Waals surface area (Å²) in [6.07, 6.45) is 27.8. The molecule has 0 aliphatic heterocycles. The van der Waals surface area contributed by atoms with Crippen LogP contribution in [-0.4, -0.2) is 0 Å². The predicted molar refractivity (Wildman–Crippen MR) is 154 cm³/mol. The molecule has 3 fully saturated rings. The molecule has 2 aromatic rings. The van der Waals surface area contributed by atoms with E-state index in [1.165, 1.54) is 81.8 Å². The number of hydrogen-bond acceptors (Lipinski definition) is 0. The van der Waals surface area contributed by atoms with Crippen molar-refractivity contribution in [1.29, 1.82) is 0 Å². The molecule has 3 saturated carbocycles. The topological polar surface area (TPSA) is 0 Å². The molecule has 3 aliphatic carbocycles. The first-order valence-electron chi connectivity index (χ1n) is 15.4. The number of benzene rings is 2. The van der Waals surface area contributed by atoms with Crippen molar-refractivity contribution < 1.29 is 0 Å². The minimum atomic E-state index is 0.761. The molecule has 5 rings (SSSR count). The maximum absolute atomic E-state index is 2.42. The van der Waals surface area contributed by atoms with Crippen LogP contribution < -0.4 is 0 Å². The van der Waals surface area contributed by atoms with Crippen molar-refractivity contribution in [1.82, 2.24) is 0 Å². The van der Waals surface area contributed by atoms with Gasteiger partial charge < -0.3 is 0 Å². The lowest BCUT2D eigenvalue weighted by Crippen LogP contribution is -2.46. The molecule has 0 radical (unpaired) electrons. The van der Waals surface area contributed by atoms with Crippen molar-refractivity contribution >= 4 is 0 Å². The molecular formula is C35H52. The van der Waals surface area contributed by atoms with Gasteiger partial charge in [0.05, 0.1) is 0 Å². The average molecular weight is 473 g/mol. The summed E-state index contributed by atoms with van der Waals surface area (Å²) in [5, 5.41) is 0. The third-order valence-electron chi connectivity index (χ3n) is 9.94. The predicted octanol–water partition coefficient (Wildman–Crippen LogP) is 11.3. The van der Waals surface area contributed by atoms with E-state index in [1.807, 2.05) is 12.1 Å². The quantitative estimate of drug-likeness (QED) is 0.376. The van der Waals surface area contributed by atoms with E-state index in [4.69, 9.17) is 0 Å². The van der Waals surface area contributed by atoms with Crippen molar-refractivity contribution in [2.45, 2.75) is 122 Å². The first-order chi connectivity index (χ1) is 17.3. The average Bonchev–Trinajstić information content (AvgIpc) is 2.96. The van der Waals surface area contributed by atoms with Crippen LogP contribution in [0.5, 0.6) is 0 Å². The number of rotatable bonds is 7. The molecule has 0 bridgehead atoms. The van der Waals surface area contributed by atoms with Crippen LogP contribution in [-0.2, 0) is 0 Å². The van der Waals surface area contributed by atoms with E-state index >= 15 is 0 Å². The van der Waals surface area contributed by atoms with Crippen molar-refractivity contribution in [3.63, 3.8) is 0 Å². The molecule has 0 heteroatoms. The second kappa shape index (κ2) is 14.2. The van der Waals surface area contributed by atoms with Crippen molar-refractivity contribution in [2.75, 3.05) is 0 Å². The molecule has 3 aliphatic rings. The van der Waals surface area contributed by atoms with Crippen LogP contribution in [0, 0.1) is 23.2 Å². The van der Waals surface area contributed by atoms with Gasteiger partial charge in [0, 0.05) is 0 Å².